The molecule has 0 radical (unpaired) electrons. The number of likely N-dealkylation sites (N-methyl/N-ethyl adjacent to an activating group) is 2. The fourth-order valence-electron chi connectivity index (χ4n) is 3.17. The van der Waals surface area contributed by atoms with Gasteiger partial charge in [0.15, 0.2) is 0 Å². The number of halogens is 1. The van der Waals surface area contributed by atoms with Gasteiger partial charge in [0, 0.05) is 32.7 Å². The van der Waals surface area contributed by atoms with Crippen molar-refractivity contribution in [1.29, 1.82) is 0 Å². The lowest BCUT2D eigenvalue weighted by Gasteiger charge is -2.26. The Morgan fingerprint density at radius 1 is 1.14 bits per heavy atom. The molecule has 3 heterocycles. The van der Waals surface area contributed by atoms with Gasteiger partial charge in [-0.1, -0.05) is 0 Å². The maximum Gasteiger partial charge on any atom is 0.231 e. The van der Waals surface area contributed by atoms with E-state index in [1.165, 1.54) is 32.2 Å². The van der Waals surface area contributed by atoms with E-state index in [1.54, 1.807) is 0 Å². The molecule has 0 spiro atoms. The molecule has 6 nitrogen and oxygen atoms in total. The minimum absolute atomic E-state index is 0.286. The minimum atomic E-state index is 0.286. The summed E-state index contributed by atoms with van der Waals surface area (Å²) in [4.78, 5) is 19.9. The summed E-state index contributed by atoms with van der Waals surface area (Å²) in [6, 6.07) is 0.570. The molecule has 2 aliphatic rings. The molecular formula is C14H23ClN6. The van der Waals surface area contributed by atoms with Gasteiger partial charge in [-0.15, -0.1) is 0 Å². The zero-order valence-corrected chi connectivity index (χ0v) is 13.6. The fraction of sp³-hybridized carbons (Fsp3) is 0.786. The first kappa shape index (κ1) is 14.8. The molecule has 1 unspecified atom stereocenters. The summed E-state index contributed by atoms with van der Waals surface area (Å²) in [7, 11) is 4.22. The van der Waals surface area contributed by atoms with Gasteiger partial charge in [-0.3, -0.25) is 0 Å². The van der Waals surface area contributed by atoms with Crippen molar-refractivity contribution in [3.63, 3.8) is 0 Å². The predicted molar refractivity (Wildman–Crippen MR) is 85.2 cm³/mol. The Kier molecular flexibility index (Phi) is 4.45. The molecular weight excluding hydrogens is 288 g/mol. The first-order valence-electron chi connectivity index (χ1n) is 7.71. The second-order valence-corrected chi connectivity index (χ2v) is 6.39. The number of hydrogen-bond acceptors (Lipinski definition) is 6. The average Bonchev–Trinajstić information content (AvgIpc) is 3.11. The summed E-state index contributed by atoms with van der Waals surface area (Å²) >= 11 is 6.09. The van der Waals surface area contributed by atoms with Crippen LogP contribution in [0, 0.1) is 0 Å². The Bertz CT molecular complexity index is 490. The van der Waals surface area contributed by atoms with Crippen molar-refractivity contribution in [1.82, 2.24) is 19.9 Å². The molecule has 0 aliphatic carbocycles. The van der Waals surface area contributed by atoms with Gasteiger partial charge in [-0.05, 0) is 50.9 Å². The van der Waals surface area contributed by atoms with Crippen molar-refractivity contribution in [2.24, 2.45) is 0 Å². The van der Waals surface area contributed by atoms with Crippen LogP contribution in [0.25, 0.3) is 0 Å². The normalized spacial score (nSPS) is 23.0. The Hall–Kier alpha value is -1.14. The van der Waals surface area contributed by atoms with E-state index in [-0.39, 0.29) is 5.28 Å². The molecule has 0 saturated carbocycles. The molecule has 21 heavy (non-hydrogen) atoms. The van der Waals surface area contributed by atoms with Crippen LogP contribution in [0.4, 0.5) is 11.9 Å². The van der Waals surface area contributed by atoms with Crippen LogP contribution < -0.4 is 9.80 Å². The quantitative estimate of drug-likeness (QED) is 0.843. The molecule has 0 amide bonds. The van der Waals surface area contributed by atoms with Gasteiger partial charge in [0.2, 0.25) is 17.2 Å². The third kappa shape index (κ3) is 3.37. The summed E-state index contributed by atoms with van der Waals surface area (Å²) in [6.45, 7) is 4.12. The zero-order chi connectivity index (χ0) is 14.8. The lowest BCUT2D eigenvalue weighted by Crippen LogP contribution is -2.37. The molecule has 2 fully saturated rings. The van der Waals surface area contributed by atoms with Gasteiger partial charge in [-0.2, -0.15) is 15.0 Å². The van der Waals surface area contributed by atoms with Crippen LogP contribution in [0.1, 0.15) is 25.7 Å². The SMILES string of the molecule is CN(CC1CCCN1C)c1nc(Cl)nc(N2CCCC2)n1. The van der Waals surface area contributed by atoms with Gasteiger partial charge >= 0.3 is 0 Å². The monoisotopic (exact) mass is 310 g/mol. The highest BCUT2D eigenvalue weighted by Crippen LogP contribution is 2.21. The second kappa shape index (κ2) is 6.32. The van der Waals surface area contributed by atoms with Crippen LogP contribution in [-0.2, 0) is 0 Å². The number of rotatable bonds is 4. The van der Waals surface area contributed by atoms with Crippen LogP contribution in [-0.4, -0.2) is 66.2 Å². The molecule has 2 aliphatic heterocycles. The van der Waals surface area contributed by atoms with Gasteiger partial charge in [-0.25, -0.2) is 0 Å². The van der Waals surface area contributed by atoms with E-state index in [1.807, 2.05) is 7.05 Å². The molecule has 0 N–H and O–H groups in total. The number of aromatic nitrogens is 3. The smallest absolute Gasteiger partial charge is 0.231 e. The molecule has 1 aromatic heterocycles. The summed E-state index contributed by atoms with van der Waals surface area (Å²) in [5, 5.41) is 0.286. The molecule has 0 bridgehead atoms. The highest BCUT2D eigenvalue weighted by atomic mass is 35.5. The highest BCUT2D eigenvalue weighted by molar-refractivity contribution is 6.28. The van der Waals surface area contributed by atoms with Crippen molar-refractivity contribution in [2.75, 3.05) is 50.1 Å². The van der Waals surface area contributed by atoms with Crippen molar-refractivity contribution in [3.8, 4) is 0 Å². The fourth-order valence-corrected chi connectivity index (χ4v) is 3.32. The molecule has 1 atom stereocenters. The van der Waals surface area contributed by atoms with Crippen molar-refractivity contribution in [2.45, 2.75) is 31.7 Å². The summed E-state index contributed by atoms with van der Waals surface area (Å²) < 4.78 is 0. The van der Waals surface area contributed by atoms with E-state index in [9.17, 15) is 0 Å². The van der Waals surface area contributed by atoms with Gasteiger partial charge < -0.3 is 14.7 Å². The first-order chi connectivity index (χ1) is 10.1. The number of likely N-dealkylation sites (tertiary alicyclic amines) is 1. The van der Waals surface area contributed by atoms with E-state index < -0.39 is 0 Å². The van der Waals surface area contributed by atoms with Crippen LogP contribution in [0.3, 0.4) is 0 Å². The first-order valence-corrected chi connectivity index (χ1v) is 8.09. The molecule has 3 rings (SSSR count). The molecule has 1 aromatic rings. The number of hydrogen-bond donors (Lipinski definition) is 0. The Morgan fingerprint density at radius 2 is 1.90 bits per heavy atom. The topological polar surface area (TPSA) is 48.4 Å². The van der Waals surface area contributed by atoms with Crippen LogP contribution in [0.2, 0.25) is 5.28 Å². The van der Waals surface area contributed by atoms with E-state index in [0.29, 0.717) is 17.9 Å². The van der Waals surface area contributed by atoms with Crippen LogP contribution in [0.15, 0.2) is 0 Å². The summed E-state index contributed by atoms with van der Waals surface area (Å²) in [6.07, 6.45) is 4.90. The van der Waals surface area contributed by atoms with Crippen molar-refractivity contribution >= 4 is 23.5 Å². The summed E-state index contributed by atoms with van der Waals surface area (Å²) in [5.41, 5.74) is 0. The van der Waals surface area contributed by atoms with Gasteiger partial charge in [0.1, 0.15) is 0 Å². The van der Waals surface area contributed by atoms with E-state index in [4.69, 9.17) is 11.6 Å². The molecule has 7 heteroatoms. The van der Waals surface area contributed by atoms with E-state index >= 15 is 0 Å². The highest BCUT2D eigenvalue weighted by Gasteiger charge is 2.24. The van der Waals surface area contributed by atoms with Crippen molar-refractivity contribution < 1.29 is 0 Å². The lowest BCUT2D eigenvalue weighted by molar-refractivity contribution is 0.313. The molecule has 0 aromatic carbocycles. The Balaban J connectivity index is 1.74. The minimum Gasteiger partial charge on any atom is -0.342 e. The molecule has 2 saturated heterocycles. The van der Waals surface area contributed by atoms with Crippen LogP contribution >= 0.6 is 11.6 Å². The van der Waals surface area contributed by atoms with E-state index in [2.05, 4.69) is 36.7 Å². The number of nitrogens with zero attached hydrogens (tertiary/aromatic N) is 6. The Morgan fingerprint density at radius 3 is 2.57 bits per heavy atom. The number of anilines is 2. The van der Waals surface area contributed by atoms with Crippen molar-refractivity contribution in [3.05, 3.63) is 5.28 Å². The van der Waals surface area contributed by atoms with E-state index in [0.717, 1.165) is 19.6 Å². The van der Waals surface area contributed by atoms with Gasteiger partial charge in [0.05, 0.1) is 0 Å². The van der Waals surface area contributed by atoms with Crippen LogP contribution in [0.5, 0.6) is 0 Å². The predicted octanol–water partition coefficient (Wildman–Crippen LogP) is 1.66. The maximum atomic E-state index is 6.09. The zero-order valence-electron chi connectivity index (χ0n) is 12.8. The molecule has 116 valence electrons. The average molecular weight is 311 g/mol. The standard InChI is InChI=1S/C14H23ClN6/c1-19-7-5-6-11(19)10-20(2)13-16-12(15)17-14(18-13)21-8-3-4-9-21/h11H,3-10H2,1-2H3. The largest absolute Gasteiger partial charge is 0.342 e. The van der Waals surface area contributed by atoms with Gasteiger partial charge in [0.25, 0.3) is 0 Å². The lowest BCUT2D eigenvalue weighted by atomic mass is 10.2. The third-order valence-electron chi connectivity index (χ3n) is 4.47. The summed E-state index contributed by atoms with van der Waals surface area (Å²) in [5.74, 6) is 1.39. The Labute approximate surface area is 131 Å². The maximum absolute atomic E-state index is 6.09. The second-order valence-electron chi connectivity index (χ2n) is 6.06. The third-order valence-corrected chi connectivity index (χ3v) is 4.64.